The second-order valence-corrected chi connectivity index (χ2v) is 5.22. The molecule has 23 heavy (non-hydrogen) atoms. The van der Waals surface area contributed by atoms with Crippen LogP contribution in [-0.4, -0.2) is 22.8 Å². The van der Waals surface area contributed by atoms with Crippen LogP contribution in [0.2, 0.25) is 0 Å². The third kappa shape index (κ3) is 3.94. The first-order valence-electron chi connectivity index (χ1n) is 7.62. The van der Waals surface area contributed by atoms with E-state index in [4.69, 9.17) is 7.85 Å². The molecule has 1 aromatic carbocycles. The average molecular weight is 300 g/mol. The van der Waals surface area contributed by atoms with E-state index in [-0.39, 0.29) is 0 Å². The molecule has 0 aliphatic carbocycles. The highest BCUT2D eigenvalue weighted by molar-refractivity contribution is 6.32. The topological polar surface area (TPSA) is 50.7 Å². The predicted molar refractivity (Wildman–Crippen MR) is 93.8 cm³/mol. The molecule has 0 unspecified atom stereocenters. The van der Waals surface area contributed by atoms with Gasteiger partial charge in [-0.15, -0.1) is 0 Å². The molecule has 0 spiro atoms. The molecule has 4 nitrogen and oxygen atoms in total. The number of aryl methyl sites for hydroxylation is 1. The fraction of sp³-hybridized carbons (Fsp3) is 0.167. The van der Waals surface area contributed by atoms with Gasteiger partial charge in [-0.25, -0.2) is 9.97 Å². The Kier molecular flexibility index (Phi) is 4.67. The van der Waals surface area contributed by atoms with Gasteiger partial charge in [0.15, 0.2) is 5.82 Å². The summed E-state index contributed by atoms with van der Waals surface area (Å²) >= 11 is 0. The molecule has 0 saturated carbocycles. The quantitative estimate of drug-likeness (QED) is 0.736. The number of hydrogen-bond acceptors (Lipinski definition) is 4. The highest BCUT2D eigenvalue weighted by atomic mass is 15.0. The highest BCUT2D eigenvalue weighted by Gasteiger charge is 2.06. The standard InChI is InChI=1S/C18H17BN4/c1-2-15-11-17(21-12-16-5-3-4-10-20-16)23-18(22-15)13-6-8-14(19)9-7-13/h3-11H,2,12H2,1H3,(H,21,22,23). The summed E-state index contributed by atoms with van der Waals surface area (Å²) in [5.41, 5.74) is 3.65. The first-order valence-corrected chi connectivity index (χ1v) is 7.62. The Morgan fingerprint density at radius 3 is 2.52 bits per heavy atom. The van der Waals surface area contributed by atoms with Crippen molar-refractivity contribution in [2.45, 2.75) is 19.9 Å². The number of pyridine rings is 1. The third-order valence-electron chi connectivity index (χ3n) is 3.49. The van der Waals surface area contributed by atoms with Crippen LogP contribution < -0.4 is 10.8 Å². The minimum Gasteiger partial charge on any atom is -0.364 e. The first-order chi connectivity index (χ1) is 11.2. The molecular weight excluding hydrogens is 283 g/mol. The second-order valence-electron chi connectivity index (χ2n) is 5.22. The molecule has 0 aliphatic heterocycles. The summed E-state index contributed by atoms with van der Waals surface area (Å²) in [6, 6.07) is 15.4. The van der Waals surface area contributed by atoms with Gasteiger partial charge in [0, 0.05) is 23.5 Å². The van der Waals surface area contributed by atoms with E-state index in [9.17, 15) is 0 Å². The zero-order chi connectivity index (χ0) is 16.1. The van der Waals surface area contributed by atoms with E-state index in [1.54, 1.807) is 6.20 Å². The van der Waals surface area contributed by atoms with Gasteiger partial charge in [0.25, 0.3) is 0 Å². The lowest BCUT2D eigenvalue weighted by Gasteiger charge is -2.09. The van der Waals surface area contributed by atoms with Gasteiger partial charge in [0.1, 0.15) is 13.7 Å². The second kappa shape index (κ2) is 7.05. The van der Waals surface area contributed by atoms with Crippen molar-refractivity contribution in [1.29, 1.82) is 0 Å². The molecule has 3 rings (SSSR count). The molecule has 2 heterocycles. The number of nitrogens with zero attached hydrogens (tertiary/aromatic N) is 3. The third-order valence-corrected chi connectivity index (χ3v) is 3.49. The summed E-state index contributed by atoms with van der Waals surface area (Å²) in [7, 11) is 5.74. The minimum absolute atomic E-state index is 0.627. The largest absolute Gasteiger partial charge is 0.364 e. The predicted octanol–water partition coefficient (Wildman–Crippen LogP) is 2.51. The molecule has 0 fully saturated rings. The summed E-state index contributed by atoms with van der Waals surface area (Å²) in [5, 5.41) is 3.32. The lowest BCUT2D eigenvalue weighted by molar-refractivity contribution is 0.980. The minimum atomic E-state index is 0.627. The van der Waals surface area contributed by atoms with E-state index in [0.29, 0.717) is 12.4 Å². The van der Waals surface area contributed by atoms with E-state index in [1.807, 2.05) is 48.5 Å². The van der Waals surface area contributed by atoms with Crippen molar-refractivity contribution in [2.24, 2.45) is 0 Å². The SMILES string of the molecule is [B]c1ccc(-c2nc(CC)cc(NCc3ccccn3)n2)cc1. The van der Waals surface area contributed by atoms with E-state index in [0.717, 1.165) is 34.7 Å². The Morgan fingerprint density at radius 2 is 1.83 bits per heavy atom. The van der Waals surface area contributed by atoms with Gasteiger partial charge < -0.3 is 5.32 Å². The average Bonchev–Trinajstić information content (AvgIpc) is 2.61. The maximum atomic E-state index is 5.74. The molecule has 2 radical (unpaired) electrons. The van der Waals surface area contributed by atoms with E-state index >= 15 is 0 Å². The number of rotatable bonds is 5. The smallest absolute Gasteiger partial charge is 0.161 e. The van der Waals surface area contributed by atoms with Gasteiger partial charge in [-0.05, 0) is 18.6 Å². The molecule has 0 saturated heterocycles. The number of anilines is 1. The zero-order valence-corrected chi connectivity index (χ0v) is 13.0. The van der Waals surface area contributed by atoms with Gasteiger partial charge in [-0.3, -0.25) is 4.98 Å². The van der Waals surface area contributed by atoms with Crippen LogP contribution in [0.1, 0.15) is 18.3 Å². The monoisotopic (exact) mass is 300 g/mol. The zero-order valence-electron chi connectivity index (χ0n) is 13.0. The maximum Gasteiger partial charge on any atom is 0.161 e. The molecular formula is C18H17BN4. The fourth-order valence-electron chi connectivity index (χ4n) is 2.21. The summed E-state index contributed by atoms with van der Waals surface area (Å²) in [4.78, 5) is 13.5. The van der Waals surface area contributed by atoms with Gasteiger partial charge in [-0.1, -0.05) is 42.7 Å². The van der Waals surface area contributed by atoms with Crippen LogP contribution in [0.4, 0.5) is 5.82 Å². The van der Waals surface area contributed by atoms with Crippen LogP contribution >= 0.6 is 0 Å². The summed E-state index contributed by atoms with van der Waals surface area (Å²) in [6.07, 6.45) is 2.64. The molecule has 0 atom stereocenters. The van der Waals surface area contributed by atoms with Crippen LogP contribution in [-0.2, 0) is 13.0 Å². The fourth-order valence-corrected chi connectivity index (χ4v) is 2.21. The molecule has 3 aromatic rings. The molecule has 1 N–H and O–H groups in total. The lowest BCUT2D eigenvalue weighted by Crippen LogP contribution is -2.06. The Labute approximate surface area is 137 Å². The molecule has 2 aromatic heterocycles. The van der Waals surface area contributed by atoms with Crippen molar-refractivity contribution in [3.63, 3.8) is 0 Å². The summed E-state index contributed by atoms with van der Waals surface area (Å²) < 4.78 is 0. The maximum absolute atomic E-state index is 5.74. The van der Waals surface area contributed by atoms with Crippen LogP contribution in [0.15, 0.2) is 54.7 Å². The molecule has 5 heteroatoms. The van der Waals surface area contributed by atoms with Gasteiger partial charge in [0.05, 0.1) is 12.2 Å². The van der Waals surface area contributed by atoms with Crippen LogP contribution in [0.5, 0.6) is 0 Å². The van der Waals surface area contributed by atoms with Crippen molar-refractivity contribution >= 4 is 19.1 Å². The number of aromatic nitrogens is 3. The van der Waals surface area contributed by atoms with Crippen molar-refractivity contribution in [3.8, 4) is 11.4 Å². The summed E-state index contributed by atoms with van der Waals surface area (Å²) in [6.45, 7) is 2.71. The molecule has 112 valence electrons. The van der Waals surface area contributed by atoms with Crippen LogP contribution in [0.25, 0.3) is 11.4 Å². The highest BCUT2D eigenvalue weighted by Crippen LogP contribution is 2.18. The van der Waals surface area contributed by atoms with Crippen molar-refractivity contribution < 1.29 is 0 Å². The van der Waals surface area contributed by atoms with Gasteiger partial charge >= 0.3 is 0 Å². The Morgan fingerprint density at radius 1 is 1.00 bits per heavy atom. The van der Waals surface area contributed by atoms with Crippen molar-refractivity contribution in [1.82, 2.24) is 15.0 Å². The first kappa shape index (κ1) is 15.2. The van der Waals surface area contributed by atoms with E-state index in [1.165, 1.54) is 0 Å². The van der Waals surface area contributed by atoms with Crippen LogP contribution in [0.3, 0.4) is 0 Å². The summed E-state index contributed by atoms with van der Waals surface area (Å²) in [5.74, 6) is 1.50. The Bertz CT molecular complexity index is 773. The van der Waals surface area contributed by atoms with Gasteiger partial charge in [0.2, 0.25) is 0 Å². The lowest BCUT2D eigenvalue weighted by atomic mass is 9.95. The Hall–Kier alpha value is -2.69. The van der Waals surface area contributed by atoms with Crippen molar-refractivity contribution in [3.05, 3.63) is 66.1 Å². The van der Waals surface area contributed by atoms with E-state index in [2.05, 4.69) is 27.2 Å². The normalized spacial score (nSPS) is 10.5. The molecule has 0 amide bonds. The number of nitrogens with one attached hydrogen (secondary N) is 1. The van der Waals surface area contributed by atoms with Gasteiger partial charge in [-0.2, -0.15) is 0 Å². The van der Waals surface area contributed by atoms with Crippen LogP contribution in [0, 0.1) is 0 Å². The van der Waals surface area contributed by atoms with Crippen molar-refractivity contribution in [2.75, 3.05) is 5.32 Å². The molecule has 0 bridgehead atoms. The number of hydrogen-bond donors (Lipinski definition) is 1. The molecule has 0 aliphatic rings. The van der Waals surface area contributed by atoms with E-state index < -0.39 is 0 Å². The Balaban J connectivity index is 1.85. The number of benzene rings is 1.